The summed E-state index contributed by atoms with van der Waals surface area (Å²) in [6, 6.07) is 1.95. The molecule has 2 heterocycles. The number of aromatic amines is 2. The monoisotopic (exact) mass is 462 g/mol. The highest BCUT2D eigenvalue weighted by molar-refractivity contribution is 5.87. The molecule has 182 valence electrons. The van der Waals surface area contributed by atoms with Gasteiger partial charge in [0, 0.05) is 37.1 Å². The molecule has 33 heavy (non-hydrogen) atoms. The van der Waals surface area contributed by atoms with Crippen LogP contribution in [-0.4, -0.2) is 45.6 Å². The summed E-state index contributed by atoms with van der Waals surface area (Å²) < 4.78 is 0. The molecule has 2 rings (SSSR count). The van der Waals surface area contributed by atoms with E-state index < -0.39 is 6.03 Å². The molecular formula is C21H34N8O4. The highest BCUT2D eigenvalue weighted by Crippen LogP contribution is 2.13. The number of carbonyl (C=O) groups excluding carboxylic acids is 2. The first-order valence-electron chi connectivity index (χ1n) is 10.9. The van der Waals surface area contributed by atoms with E-state index in [1.807, 2.05) is 0 Å². The van der Waals surface area contributed by atoms with Gasteiger partial charge in [-0.2, -0.15) is 0 Å². The SMILES string of the molecule is CCC(CC)CCCNC(=O)Nc1nc(C)cc(=O)[nH]1.CNC(=O)Nc1nc(C)cc(=O)[nH]1. The first-order chi connectivity index (χ1) is 15.7. The van der Waals surface area contributed by atoms with Crippen molar-refractivity contribution in [2.75, 3.05) is 24.2 Å². The Morgan fingerprint density at radius 1 is 0.909 bits per heavy atom. The van der Waals surface area contributed by atoms with Crippen LogP contribution in [0.3, 0.4) is 0 Å². The maximum atomic E-state index is 11.6. The molecule has 6 N–H and O–H groups in total. The van der Waals surface area contributed by atoms with Crippen molar-refractivity contribution in [2.24, 2.45) is 5.92 Å². The summed E-state index contributed by atoms with van der Waals surface area (Å²) in [5.41, 5.74) is 0.549. The van der Waals surface area contributed by atoms with Gasteiger partial charge in [-0.25, -0.2) is 19.6 Å². The fourth-order valence-corrected chi connectivity index (χ4v) is 2.89. The van der Waals surface area contributed by atoms with E-state index in [2.05, 4.69) is 55.1 Å². The lowest BCUT2D eigenvalue weighted by atomic mass is 9.98. The molecule has 0 saturated heterocycles. The lowest BCUT2D eigenvalue weighted by Gasteiger charge is -2.12. The highest BCUT2D eigenvalue weighted by atomic mass is 16.2. The molecule has 0 aromatic carbocycles. The van der Waals surface area contributed by atoms with Crippen molar-refractivity contribution in [1.29, 1.82) is 0 Å². The van der Waals surface area contributed by atoms with Gasteiger partial charge >= 0.3 is 12.1 Å². The largest absolute Gasteiger partial charge is 0.341 e. The van der Waals surface area contributed by atoms with E-state index in [0.29, 0.717) is 17.9 Å². The number of amides is 4. The number of aromatic nitrogens is 4. The van der Waals surface area contributed by atoms with Gasteiger partial charge in [0.1, 0.15) is 0 Å². The third-order valence-electron chi connectivity index (χ3n) is 4.66. The first-order valence-corrected chi connectivity index (χ1v) is 10.9. The Bertz CT molecular complexity index is 1010. The van der Waals surface area contributed by atoms with E-state index in [1.54, 1.807) is 13.8 Å². The summed E-state index contributed by atoms with van der Waals surface area (Å²) in [6.45, 7) is 8.37. The van der Waals surface area contributed by atoms with Gasteiger partial charge in [-0.15, -0.1) is 0 Å². The summed E-state index contributed by atoms with van der Waals surface area (Å²) in [5, 5.41) is 9.98. The number of aryl methyl sites for hydroxylation is 2. The fourth-order valence-electron chi connectivity index (χ4n) is 2.89. The van der Waals surface area contributed by atoms with Crippen LogP contribution in [0.15, 0.2) is 21.7 Å². The van der Waals surface area contributed by atoms with E-state index in [-0.39, 0.29) is 29.0 Å². The molecular weight excluding hydrogens is 428 g/mol. The van der Waals surface area contributed by atoms with Crippen molar-refractivity contribution in [3.63, 3.8) is 0 Å². The van der Waals surface area contributed by atoms with Gasteiger partial charge < -0.3 is 10.6 Å². The maximum absolute atomic E-state index is 11.6. The van der Waals surface area contributed by atoms with Gasteiger partial charge in [0.2, 0.25) is 11.9 Å². The molecule has 0 bridgehead atoms. The molecule has 4 amide bonds. The lowest BCUT2D eigenvalue weighted by molar-refractivity contribution is 0.251. The predicted molar refractivity (Wildman–Crippen MR) is 128 cm³/mol. The number of rotatable bonds is 8. The van der Waals surface area contributed by atoms with E-state index in [1.165, 1.54) is 32.0 Å². The van der Waals surface area contributed by atoms with E-state index >= 15 is 0 Å². The molecule has 12 nitrogen and oxygen atoms in total. The Labute approximate surface area is 192 Å². The second-order valence-electron chi connectivity index (χ2n) is 7.38. The molecule has 0 unspecified atom stereocenters. The van der Waals surface area contributed by atoms with Crippen molar-refractivity contribution in [2.45, 2.75) is 53.4 Å². The second kappa shape index (κ2) is 14.4. The van der Waals surface area contributed by atoms with Crippen LogP contribution in [0.25, 0.3) is 0 Å². The number of carbonyl (C=O) groups is 2. The minimum atomic E-state index is -0.422. The van der Waals surface area contributed by atoms with Gasteiger partial charge in [0.15, 0.2) is 0 Å². The molecule has 0 aliphatic carbocycles. The zero-order valence-corrected chi connectivity index (χ0v) is 19.8. The summed E-state index contributed by atoms with van der Waals surface area (Å²) >= 11 is 0. The van der Waals surface area contributed by atoms with Gasteiger partial charge in [-0.3, -0.25) is 30.2 Å². The summed E-state index contributed by atoms with van der Waals surface area (Å²) in [4.78, 5) is 57.4. The summed E-state index contributed by atoms with van der Waals surface area (Å²) in [7, 11) is 1.48. The molecule has 2 aromatic rings. The van der Waals surface area contributed by atoms with Gasteiger partial charge in [0.25, 0.3) is 11.1 Å². The standard InChI is InChI=1S/C14H24N4O2.C7H10N4O2/c1-4-11(5-2)7-6-8-15-14(20)18-13-16-10(3)9-12(19)17-13;1-4-3-5(12)10-6(9-4)11-7(13)8-2/h9,11H,4-8H2,1-3H3,(H3,15,16,17,18,19,20);3H,1-2H3,(H3,8,9,10,11,12,13). The number of anilines is 2. The van der Waals surface area contributed by atoms with E-state index in [4.69, 9.17) is 0 Å². The quantitative estimate of drug-likeness (QED) is 0.328. The lowest BCUT2D eigenvalue weighted by Crippen LogP contribution is -2.31. The first kappa shape index (κ1) is 27.3. The van der Waals surface area contributed by atoms with Gasteiger partial charge in [-0.05, 0) is 32.6 Å². The van der Waals surface area contributed by atoms with Crippen LogP contribution >= 0.6 is 0 Å². The molecule has 0 atom stereocenters. The Morgan fingerprint density at radius 2 is 1.39 bits per heavy atom. The molecule has 0 fully saturated rings. The van der Waals surface area contributed by atoms with Crippen molar-refractivity contribution in [3.05, 3.63) is 44.2 Å². The zero-order chi connectivity index (χ0) is 24.8. The third kappa shape index (κ3) is 11.5. The van der Waals surface area contributed by atoms with E-state index in [0.717, 1.165) is 18.8 Å². The molecule has 12 heteroatoms. The third-order valence-corrected chi connectivity index (χ3v) is 4.66. The normalized spacial score (nSPS) is 10.1. The topological polar surface area (TPSA) is 174 Å². The van der Waals surface area contributed by atoms with E-state index in [9.17, 15) is 19.2 Å². The molecule has 0 radical (unpaired) electrons. The van der Waals surface area contributed by atoms with Crippen LogP contribution in [0.4, 0.5) is 21.5 Å². The zero-order valence-electron chi connectivity index (χ0n) is 19.8. The minimum absolute atomic E-state index is 0.143. The van der Waals surface area contributed by atoms with Crippen molar-refractivity contribution in [3.8, 4) is 0 Å². The number of H-pyrrole nitrogens is 2. The summed E-state index contributed by atoms with van der Waals surface area (Å²) in [5.74, 6) is 1.05. The Morgan fingerprint density at radius 3 is 1.82 bits per heavy atom. The predicted octanol–water partition coefficient (Wildman–Crippen LogP) is 2.25. The highest BCUT2D eigenvalue weighted by Gasteiger charge is 2.06. The van der Waals surface area contributed by atoms with Crippen molar-refractivity contribution in [1.82, 2.24) is 30.6 Å². The smallest absolute Gasteiger partial charge is 0.321 e. The average Bonchev–Trinajstić information content (AvgIpc) is 2.72. The van der Waals surface area contributed by atoms with Gasteiger partial charge in [0.05, 0.1) is 0 Å². The number of hydrogen-bond donors (Lipinski definition) is 6. The number of hydrogen-bond acceptors (Lipinski definition) is 6. The van der Waals surface area contributed by atoms with Crippen LogP contribution in [0.5, 0.6) is 0 Å². The Hall–Kier alpha value is -3.70. The van der Waals surface area contributed by atoms with Crippen LogP contribution in [0, 0.1) is 19.8 Å². The minimum Gasteiger partial charge on any atom is -0.341 e. The maximum Gasteiger partial charge on any atom is 0.321 e. The number of nitrogens with zero attached hydrogens (tertiary/aromatic N) is 2. The van der Waals surface area contributed by atoms with Crippen LogP contribution in [0.2, 0.25) is 0 Å². The van der Waals surface area contributed by atoms with Crippen LogP contribution in [0.1, 0.15) is 50.9 Å². The molecule has 0 saturated carbocycles. The number of urea groups is 2. The molecule has 0 spiro atoms. The average molecular weight is 463 g/mol. The van der Waals surface area contributed by atoms with Crippen LogP contribution < -0.4 is 32.4 Å². The molecule has 0 aliphatic rings. The second-order valence-corrected chi connectivity index (χ2v) is 7.38. The van der Waals surface area contributed by atoms with Crippen molar-refractivity contribution >= 4 is 24.0 Å². The van der Waals surface area contributed by atoms with Crippen LogP contribution in [-0.2, 0) is 0 Å². The molecule has 2 aromatic heterocycles. The Balaban J connectivity index is 0.000000361. The Kier molecular flexibility index (Phi) is 11.9. The van der Waals surface area contributed by atoms with Gasteiger partial charge in [-0.1, -0.05) is 26.7 Å². The number of nitrogens with one attached hydrogen (secondary N) is 6. The fraction of sp³-hybridized carbons (Fsp3) is 0.524. The summed E-state index contributed by atoms with van der Waals surface area (Å²) in [6.07, 6.45) is 4.43. The molecule has 0 aliphatic heterocycles. The van der Waals surface area contributed by atoms with Crippen molar-refractivity contribution < 1.29 is 9.59 Å².